The second-order valence-corrected chi connectivity index (χ2v) is 5.95. The second kappa shape index (κ2) is 9.24. The molecule has 3 aromatic rings. The summed E-state index contributed by atoms with van der Waals surface area (Å²) < 4.78 is 10.8. The van der Waals surface area contributed by atoms with Crippen molar-refractivity contribution in [2.24, 2.45) is 0 Å². The number of nitrogens with zero attached hydrogens (tertiary/aromatic N) is 3. The van der Waals surface area contributed by atoms with E-state index < -0.39 is 0 Å². The maximum absolute atomic E-state index is 8.87. The molecule has 7 nitrogen and oxygen atoms in total. The Balaban J connectivity index is 1.54. The summed E-state index contributed by atoms with van der Waals surface area (Å²) in [4.78, 5) is 8.79. The molecule has 0 aliphatic rings. The maximum atomic E-state index is 8.87. The molecule has 0 amide bonds. The van der Waals surface area contributed by atoms with Crippen molar-refractivity contribution >= 4 is 17.3 Å². The fourth-order valence-electron chi connectivity index (χ4n) is 2.52. The smallest absolute Gasteiger partial charge is 0.136 e. The second-order valence-electron chi connectivity index (χ2n) is 5.95. The molecule has 0 spiro atoms. The van der Waals surface area contributed by atoms with Crippen molar-refractivity contribution in [2.75, 3.05) is 30.9 Å². The molecule has 0 atom stereocenters. The van der Waals surface area contributed by atoms with E-state index in [2.05, 4.69) is 26.7 Å². The fourth-order valence-corrected chi connectivity index (χ4v) is 2.52. The van der Waals surface area contributed by atoms with Gasteiger partial charge < -0.3 is 20.1 Å². The Morgan fingerprint density at radius 3 is 2.32 bits per heavy atom. The van der Waals surface area contributed by atoms with Crippen LogP contribution in [0.15, 0.2) is 54.6 Å². The summed E-state index contributed by atoms with van der Waals surface area (Å²) in [5, 5.41) is 15.3. The fraction of sp³-hybridized carbons (Fsp3) is 0.190. The third kappa shape index (κ3) is 5.35. The van der Waals surface area contributed by atoms with Crippen molar-refractivity contribution in [1.29, 1.82) is 5.26 Å². The van der Waals surface area contributed by atoms with Gasteiger partial charge in [-0.1, -0.05) is 0 Å². The van der Waals surface area contributed by atoms with Gasteiger partial charge in [-0.05, 0) is 55.5 Å². The third-order valence-electron chi connectivity index (χ3n) is 3.86. The number of aryl methyl sites for hydroxylation is 1. The largest absolute Gasteiger partial charge is 0.497 e. The van der Waals surface area contributed by atoms with Crippen LogP contribution in [0.4, 0.5) is 17.3 Å². The Morgan fingerprint density at radius 2 is 1.64 bits per heavy atom. The summed E-state index contributed by atoms with van der Waals surface area (Å²) in [5.41, 5.74) is 1.47. The van der Waals surface area contributed by atoms with E-state index in [9.17, 15) is 0 Å². The number of methoxy groups -OCH3 is 1. The van der Waals surface area contributed by atoms with E-state index in [1.165, 1.54) is 0 Å². The summed E-state index contributed by atoms with van der Waals surface area (Å²) >= 11 is 0. The Hall–Kier alpha value is -3.79. The van der Waals surface area contributed by atoms with E-state index in [0.717, 1.165) is 17.2 Å². The lowest BCUT2D eigenvalue weighted by Gasteiger charge is -2.11. The predicted molar refractivity (Wildman–Crippen MR) is 108 cm³/mol. The number of benzene rings is 2. The van der Waals surface area contributed by atoms with Crippen molar-refractivity contribution in [1.82, 2.24) is 9.97 Å². The Bertz CT molecular complexity index is 950. The molecule has 0 aliphatic heterocycles. The molecular weight excluding hydrogens is 354 g/mol. The molecule has 2 N–H and O–H groups in total. The average molecular weight is 375 g/mol. The molecule has 0 radical (unpaired) electrons. The van der Waals surface area contributed by atoms with E-state index >= 15 is 0 Å². The lowest BCUT2D eigenvalue weighted by Crippen LogP contribution is -2.13. The summed E-state index contributed by atoms with van der Waals surface area (Å²) in [7, 11) is 1.63. The third-order valence-corrected chi connectivity index (χ3v) is 3.86. The molecule has 0 aliphatic carbocycles. The first-order chi connectivity index (χ1) is 13.7. The molecule has 28 heavy (non-hydrogen) atoms. The quantitative estimate of drug-likeness (QED) is 0.577. The van der Waals surface area contributed by atoms with E-state index in [4.69, 9.17) is 14.7 Å². The lowest BCUT2D eigenvalue weighted by atomic mass is 10.2. The van der Waals surface area contributed by atoms with Crippen LogP contribution in [-0.2, 0) is 0 Å². The minimum atomic E-state index is 0.494. The minimum absolute atomic E-state index is 0.494. The van der Waals surface area contributed by atoms with Gasteiger partial charge in [0, 0.05) is 11.8 Å². The van der Waals surface area contributed by atoms with Crippen LogP contribution in [0.3, 0.4) is 0 Å². The highest BCUT2D eigenvalue weighted by molar-refractivity contribution is 5.60. The first-order valence-corrected chi connectivity index (χ1v) is 8.80. The molecule has 0 bridgehead atoms. The molecule has 0 saturated heterocycles. The molecule has 142 valence electrons. The Labute approximate surface area is 164 Å². The van der Waals surface area contributed by atoms with Gasteiger partial charge in [0.05, 0.1) is 25.3 Å². The van der Waals surface area contributed by atoms with Gasteiger partial charge in [-0.3, -0.25) is 0 Å². The van der Waals surface area contributed by atoms with Crippen LogP contribution in [0.2, 0.25) is 0 Å². The molecule has 1 heterocycles. The molecule has 0 saturated carbocycles. The van der Waals surface area contributed by atoms with E-state index in [1.54, 1.807) is 19.2 Å². The van der Waals surface area contributed by atoms with Crippen molar-refractivity contribution in [2.45, 2.75) is 6.92 Å². The van der Waals surface area contributed by atoms with Crippen molar-refractivity contribution in [3.8, 4) is 17.6 Å². The molecule has 0 fully saturated rings. The zero-order chi connectivity index (χ0) is 19.8. The van der Waals surface area contributed by atoms with Gasteiger partial charge in [0.1, 0.15) is 35.6 Å². The van der Waals surface area contributed by atoms with Crippen LogP contribution in [0.5, 0.6) is 11.5 Å². The molecule has 1 aromatic heterocycles. The van der Waals surface area contributed by atoms with Gasteiger partial charge in [0.15, 0.2) is 0 Å². The van der Waals surface area contributed by atoms with Crippen molar-refractivity contribution in [3.63, 3.8) is 0 Å². The Kier molecular flexibility index (Phi) is 6.26. The van der Waals surface area contributed by atoms with Gasteiger partial charge in [0.25, 0.3) is 0 Å². The number of aromatic nitrogens is 2. The van der Waals surface area contributed by atoms with Gasteiger partial charge >= 0.3 is 0 Å². The van der Waals surface area contributed by atoms with Crippen LogP contribution < -0.4 is 20.1 Å². The molecular formula is C21H21N5O2. The number of anilines is 3. The number of hydrogen-bond donors (Lipinski definition) is 2. The number of ether oxygens (including phenoxy) is 2. The number of nitrogens with one attached hydrogen (secondary N) is 2. The highest BCUT2D eigenvalue weighted by Gasteiger charge is 2.03. The van der Waals surface area contributed by atoms with E-state index in [1.807, 2.05) is 49.4 Å². The van der Waals surface area contributed by atoms with Crippen LogP contribution in [0.1, 0.15) is 11.4 Å². The molecule has 3 rings (SSSR count). The normalized spacial score (nSPS) is 10.0. The number of hydrogen-bond acceptors (Lipinski definition) is 7. The average Bonchev–Trinajstić information content (AvgIpc) is 2.72. The van der Waals surface area contributed by atoms with E-state index in [-0.39, 0.29) is 0 Å². The summed E-state index contributed by atoms with van der Waals surface area (Å²) in [5.74, 6) is 3.61. The van der Waals surface area contributed by atoms with Crippen LogP contribution in [0.25, 0.3) is 0 Å². The maximum Gasteiger partial charge on any atom is 0.136 e. The summed E-state index contributed by atoms with van der Waals surface area (Å²) in [6.45, 7) is 2.93. The van der Waals surface area contributed by atoms with Gasteiger partial charge in [-0.25, -0.2) is 9.97 Å². The summed E-state index contributed by atoms with van der Waals surface area (Å²) in [6.07, 6.45) is 0. The first kappa shape index (κ1) is 19.0. The zero-order valence-electron chi connectivity index (χ0n) is 15.8. The zero-order valence-corrected chi connectivity index (χ0v) is 15.8. The predicted octanol–water partition coefficient (Wildman–Crippen LogP) is 3.90. The Morgan fingerprint density at radius 1 is 0.964 bits per heavy atom. The molecule has 7 heteroatoms. The number of rotatable bonds is 8. The van der Waals surface area contributed by atoms with Crippen LogP contribution >= 0.6 is 0 Å². The standard InChI is InChI=1S/C21H21N5O2/c1-15-24-20(23-11-12-28-19-9-7-18(27-2)8-10-19)13-21(25-15)26-17-5-3-16(14-22)4-6-17/h3-10,13H,11-12H2,1-2H3,(H2,23,24,25,26). The van der Waals surface area contributed by atoms with Gasteiger partial charge in [-0.15, -0.1) is 0 Å². The van der Waals surface area contributed by atoms with Crippen molar-refractivity contribution < 1.29 is 9.47 Å². The first-order valence-electron chi connectivity index (χ1n) is 8.80. The lowest BCUT2D eigenvalue weighted by molar-refractivity contribution is 0.331. The number of nitriles is 1. The molecule has 0 unspecified atom stereocenters. The topological polar surface area (TPSA) is 92.1 Å². The highest BCUT2D eigenvalue weighted by Crippen LogP contribution is 2.19. The monoisotopic (exact) mass is 375 g/mol. The minimum Gasteiger partial charge on any atom is -0.497 e. The van der Waals surface area contributed by atoms with Crippen molar-refractivity contribution in [3.05, 3.63) is 66.0 Å². The van der Waals surface area contributed by atoms with Gasteiger partial charge in [-0.2, -0.15) is 5.26 Å². The van der Waals surface area contributed by atoms with E-state index in [0.29, 0.717) is 36.2 Å². The van der Waals surface area contributed by atoms with Crippen LogP contribution in [-0.4, -0.2) is 30.2 Å². The highest BCUT2D eigenvalue weighted by atomic mass is 16.5. The van der Waals surface area contributed by atoms with Crippen LogP contribution in [0, 0.1) is 18.3 Å². The molecule has 2 aromatic carbocycles. The SMILES string of the molecule is COc1ccc(OCCNc2cc(Nc3ccc(C#N)cc3)nc(C)n2)cc1. The summed E-state index contributed by atoms with van der Waals surface area (Å²) in [6, 6.07) is 18.6. The van der Waals surface area contributed by atoms with Gasteiger partial charge in [0.2, 0.25) is 0 Å².